The Hall–Kier alpha value is -1.77. The molecule has 3 nitrogen and oxygen atoms in total. The van der Waals surface area contributed by atoms with Gasteiger partial charge in [-0.25, -0.2) is 0 Å². The van der Waals surface area contributed by atoms with Crippen LogP contribution in [0.5, 0.6) is 11.5 Å². The standard InChI is InChI=1S/C18H22O3/c1-4-11-7-12-5-6-13-8-17(20-2)18(21-3)10-15(13)14(12)9-16(11)19/h8-12H,4-7H2,1-3H3/t11-,12-/m0/s1. The Balaban J connectivity index is 2.08. The summed E-state index contributed by atoms with van der Waals surface area (Å²) in [7, 11) is 3.31. The molecule has 0 bridgehead atoms. The number of fused-ring (bicyclic) bond motifs is 3. The van der Waals surface area contributed by atoms with Gasteiger partial charge in [-0.15, -0.1) is 0 Å². The number of aryl methyl sites for hydroxylation is 1. The summed E-state index contributed by atoms with van der Waals surface area (Å²) in [6.45, 7) is 2.10. The molecule has 0 saturated carbocycles. The van der Waals surface area contributed by atoms with Crippen molar-refractivity contribution in [3.63, 3.8) is 0 Å². The fraction of sp³-hybridized carbons (Fsp3) is 0.500. The second-order valence-corrected chi connectivity index (χ2v) is 5.94. The maximum absolute atomic E-state index is 12.2. The summed E-state index contributed by atoms with van der Waals surface area (Å²) in [5.41, 5.74) is 3.64. The molecule has 1 aromatic rings. The summed E-state index contributed by atoms with van der Waals surface area (Å²) in [6, 6.07) is 4.09. The lowest BCUT2D eigenvalue weighted by Gasteiger charge is -2.34. The van der Waals surface area contributed by atoms with E-state index in [1.807, 2.05) is 12.1 Å². The van der Waals surface area contributed by atoms with Crippen molar-refractivity contribution < 1.29 is 14.3 Å². The maximum atomic E-state index is 12.2. The van der Waals surface area contributed by atoms with Crippen molar-refractivity contribution >= 4 is 11.4 Å². The molecular formula is C18H22O3. The van der Waals surface area contributed by atoms with E-state index in [4.69, 9.17) is 9.47 Å². The molecule has 0 saturated heterocycles. The van der Waals surface area contributed by atoms with Crippen molar-refractivity contribution in [2.24, 2.45) is 11.8 Å². The quantitative estimate of drug-likeness (QED) is 0.851. The molecule has 1 aromatic carbocycles. The van der Waals surface area contributed by atoms with Crippen molar-refractivity contribution in [1.82, 2.24) is 0 Å². The van der Waals surface area contributed by atoms with E-state index in [1.165, 1.54) is 16.7 Å². The molecular weight excluding hydrogens is 264 g/mol. The minimum Gasteiger partial charge on any atom is -0.493 e. The number of hydrogen-bond acceptors (Lipinski definition) is 3. The number of carbonyl (C=O) groups excluding carboxylic acids is 1. The average molecular weight is 286 g/mol. The molecule has 0 radical (unpaired) electrons. The van der Waals surface area contributed by atoms with Crippen LogP contribution in [0.1, 0.15) is 37.3 Å². The Bertz CT molecular complexity index is 601. The van der Waals surface area contributed by atoms with Gasteiger partial charge < -0.3 is 9.47 Å². The van der Waals surface area contributed by atoms with Gasteiger partial charge in [0.05, 0.1) is 14.2 Å². The number of rotatable bonds is 3. The lowest BCUT2D eigenvalue weighted by Crippen LogP contribution is -2.26. The van der Waals surface area contributed by atoms with Gasteiger partial charge in [0.15, 0.2) is 17.3 Å². The number of methoxy groups -OCH3 is 2. The van der Waals surface area contributed by atoms with Crippen LogP contribution in [-0.4, -0.2) is 20.0 Å². The Labute approximate surface area is 125 Å². The van der Waals surface area contributed by atoms with Crippen molar-refractivity contribution in [2.45, 2.75) is 32.6 Å². The van der Waals surface area contributed by atoms with Crippen LogP contribution in [0, 0.1) is 11.8 Å². The zero-order valence-electron chi connectivity index (χ0n) is 12.9. The van der Waals surface area contributed by atoms with Crippen molar-refractivity contribution in [3.8, 4) is 11.5 Å². The summed E-state index contributed by atoms with van der Waals surface area (Å²) in [5, 5.41) is 0. The highest BCUT2D eigenvalue weighted by Gasteiger charge is 2.33. The molecule has 3 rings (SSSR count). The Morgan fingerprint density at radius 1 is 1.19 bits per heavy atom. The van der Waals surface area contributed by atoms with Gasteiger partial charge in [-0.3, -0.25) is 4.79 Å². The Kier molecular flexibility index (Phi) is 3.75. The van der Waals surface area contributed by atoms with Crippen LogP contribution in [0.2, 0.25) is 0 Å². The molecule has 0 amide bonds. The van der Waals surface area contributed by atoms with Gasteiger partial charge in [0.1, 0.15) is 0 Å². The topological polar surface area (TPSA) is 35.5 Å². The molecule has 0 N–H and O–H groups in total. The number of carbonyl (C=O) groups is 1. The molecule has 3 heteroatoms. The summed E-state index contributed by atoms with van der Waals surface area (Å²) in [6.07, 6.45) is 5.99. The largest absolute Gasteiger partial charge is 0.493 e. The lowest BCUT2D eigenvalue weighted by molar-refractivity contribution is -0.119. The fourth-order valence-electron chi connectivity index (χ4n) is 3.64. The van der Waals surface area contributed by atoms with Crippen molar-refractivity contribution in [2.75, 3.05) is 14.2 Å². The first-order valence-corrected chi connectivity index (χ1v) is 7.68. The SMILES string of the molecule is CC[C@H]1C[C@@H]2CCc3cc(OC)c(OC)cc3C2=CC1=O. The monoisotopic (exact) mass is 286 g/mol. The van der Waals surface area contributed by atoms with Crippen LogP contribution in [0.25, 0.3) is 5.57 Å². The molecule has 0 spiro atoms. The molecule has 0 aliphatic heterocycles. The van der Waals surface area contributed by atoms with Crippen LogP contribution in [0.3, 0.4) is 0 Å². The normalized spacial score (nSPS) is 24.0. The molecule has 2 atom stereocenters. The van der Waals surface area contributed by atoms with E-state index in [0.717, 1.165) is 37.2 Å². The van der Waals surface area contributed by atoms with Gasteiger partial charge in [-0.2, -0.15) is 0 Å². The van der Waals surface area contributed by atoms with Gasteiger partial charge in [-0.05, 0) is 66.5 Å². The lowest BCUT2D eigenvalue weighted by atomic mass is 9.70. The number of ketones is 1. The third kappa shape index (κ3) is 2.35. The zero-order chi connectivity index (χ0) is 15.0. The molecule has 0 unspecified atom stereocenters. The van der Waals surface area contributed by atoms with Crippen molar-refractivity contribution in [1.29, 1.82) is 0 Å². The van der Waals surface area contributed by atoms with E-state index < -0.39 is 0 Å². The average Bonchev–Trinajstić information content (AvgIpc) is 2.52. The predicted octanol–water partition coefficient (Wildman–Crippen LogP) is 3.65. The smallest absolute Gasteiger partial charge is 0.161 e. The van der Waals surface area contributed by atoms with Gasteiger partial charge in [0.25, 0.3) is 0 Å². The molecule has 0 heterocycles. The van der Waals surface area contributed by atoms with Gasteiger partial charge >= 0.3 is 0 Å². The molecule has 21 heavy (non-hydrogen) atoms. The molecule has 0 aromatic heterocycles. The first-order valence-electron chi connectivity index (χ1n) is 7.68. The second-order valence-electron chi connectivity index (χ2n) is 5.94. The van der Waals surface area contributed by atoms with Crippen LogP contribution >= 0.6 is 0 Å². The van der Waals surface area contributed by atoms with E-state index in [1.54, 1.807) is 14.2 Å². The highest BCUT2D eigenvalue weighted by molar-refractivity contribution is 6.01. The molecule has 0 fully saturated rings. The van der Waals surface area contributed by atoms with Crippen LogP contribution in [0.15, 0.2) is 18.2 Å². The van der Waals surface area contributed by atoms with E-state index in [9.17, 15) is 4.79 Å². The number of hydrogen-bond donors (Lipinski definition) is 0. The summed E-state index contributed by atoms with van der Waals surface area (Å²) >= 11 is 0. The van der Waals surface area contributed by atoms with E-state index >= 15 is 0 Å². The van der Waals surface area contributed by atoms with Crippen LogP contribution in [0.4, 0.5) is 0 Å². The molecule has 112 valence electrons. The van der Waals surface area contributed by atoms with Gasteiger partial charge in [0.2, 0.25) is 0 Å². The minimum atomic E-state index is 0.209. The Morgan fingerprint density at radius 2 is 1.90 bits per heavy atom. The summed E-state index contributed by atoms with van der Waals surface area (Å²) < 4.78 is 10.8. The van der Waals surface area contributed by atoms with Gasteiger partial charge in [-0.1, -0.05) is 6.92 Å². The Morgan fingerprint density at radius 3 is 2.57 bits per heavy atom. The first-order chi connectivity index (χ1) is 10.2. The molecule has 2 aliphatic carbocycles. The predicted molar refractivity (Wildman–Crippen MR) is 82.7 cm³/mol. The zero-order valence-corrected chi connectivity index (χ0v) is 12.9. The highest BCUT2D eigenvalue weighted by Crippen LogP contribution is 2.45. The summed E-state index contributed by atoms with van der Waals surface area (Å²) in [5.74, 6) is 2.51. The van der Waals surface area contributed by atoms with Crippen molar-refractivity contribution in [3.05, 3.63) is 29.3 Å². The van der Waals surface area contributed by atoms with Crippen LogP contribution < -0.4 is 9.47 Å². The maximum Gasteiger partial charge on any atom is 0.161 e. The van der Waals surface area contributed by atoms with E-state index in [-0.39, 0.29) is 11.7 Å². The first kappa shape index (κ1) is 14.2. The third-order valence-corrected chi connectivity index (χ3v) is 4.88. The van der Waals surface area contributed by atoms with E-state index in [2.05, 4.69) is 13.0 Å². The fourth-order valence-corrected chi connectivity index (χ4v) is 3.64. The number of ether oxygens (including phenoxy) is 2. The minimum absolute atomic E-state index is 0.209. The third-order valence-electron chi connectivity index (χ3n) is 4.88. The van der Waals surface area contributed by atoms with Crippen LogP contribution in [-0.2, 0) is 11.2 Å². The highest BCUT2D eigenvalue weighted by atomic mass is 16.5. The van der Waals surface area contributed by atoms with E-state index in [0.29, 0.717) is 5.92 Å². The number of benzene rings is 1. The summed E-state index contributed by atoms with van der Waals surface area (Å²) in [4.78, 5) is 12.2. The number of allylic oxidation sites excluding steroid dienone is 2. The second kappa shape index (κ2) is 5.55. The molecule has 2 aliphatic rings. The van der Waals surface area contributed by atoms with Gasteiger partial charge in [0, 0.05) is 5.92 Å².